The highest BCUT2D eigenvalue weighted by Gasteiger charge is 2.16. The topological polar surface area (TPSA) is 93.7 Å². The molecule has 0 spiro atoms. The molecule has 0 radical (unpaired) electrons. The molecule has 2 aromatic carbocycles. The first kappa shape index (κ1) is 21.2. The maximum Gasteiger partial charge on any atom is 0.342 e. The minimum atomic E-state index is -0.726. The summed E-state index contributed by atoms with van der Waals surface area (Å²) >= 11 is 5.85. The van der Waals surface area contributed by atoms with E-state index in [0.717, 1.165) is 12.0 Å². The quantitative estimate of drug-likeness (QED) is 0.658. The van der Waals surface area contributed by atoms with Crippen molar-refractivity contribution in [3.05, 3.63) is 64.7 Å². The normalized spacial score (nSPS) is 10.1. The number of urea groups is 1. The minimum Gasteiger partial charge on any atom is -0.488 e. The summed E-state index contributed by atoms with van der Waals surface area (Å²) in [6.45, 7) is 1.98. The highest BCUT2D eigenvalue weighted by molar-refractivity contribution is 6.30. The summed E-state index contributed by atoms with van der Waals surface area (Å²) < 4.78 is 10.7. The third-order valence-electron chi connectivity index (χ3n) is 3.54. The van der Waals surface area contributed by atoms with Gasteiger partial charge in [-0.3, -0.25) is 10.1 Å². The SMILES string of the molecule is CCCNC(=O)NC(=O)COC(=O)c1ccccc1OCc1ccc(Cl)cc1. The zero-order valence-electron chi connectivity index (χ0n) is 15.4. The molecule has 2 aromatic rings. The number of benzene rings is 2. The molecule has 3 amide bonds. The molecule has 0 atom stereocenters. The van der Waals surface area contributed by atoms with E-state index < -0.39 is 24.5 Å². The van der Waals surface area contributed by atoms with Crippen LogP contribution in [-0.2, 0) is 16.1 Å². The molecule has 7 nitrogen and oxygen atoms in total. The summed E-state index contributed by atoms with van der Waals surface area (Å²) in [4.78, 5) is 35.4. The zero-order chi connectivity index (χ0) is 20.4. The Balaban J connectivity index is 1.90. The number of amides is 3. The average Bonchev–Trinajstić information content (AvgIpc) is 2.70. The molecule has 0 bridgehead atoms. The van der Waals surface area contributed by atoms with E-state index in [4.69, 9.17) is 21.1 Å². The fourth-order valence-electron chi connectivity index (χ4n) is 2.16. The van der Waals surface area contributed by atoms with Crippen molar-refractivity contribution in [2.75, 3.05) is 13.2 Å². The van der Waals surface area contributed by atoms with Gasteiger partial charge in [0, 0.05) is 11.6 Å². The number of imide groups is 1. The Kier molecular flexibility index (Phi) is 8.30. The highest BCUT2D eigenvalue weighted by Crippen LogP contribution is 2.21. The second-order valence-electron chi connectivity index (χ2n) is 5.79. The summed E-state index contributed by atoms with van der Waals surface area (Å²) in [7, 11) is 0. The summed E-state index contributed by atoms with van der Waals surface area (Å²) in [5.41, 5.74) is 1.06. The molecule has 8 heteroatoms. The summed E-state index contributed by atoms with van der Waals surface area (Å²) in [5.74, 6) is -1.12. The van der Waals surface area contributed by atoms with Gasteiger partial charge in [-0.1, -0.05) is 42.8 Å². The molecule has 2 N–H and O–H groups in total. The third kappa shape index (κ3) is 6.92. The van der Waals surface area contributed by atoms with Crippen LogP contribution in [0.5, 0.6) is 5.75 Å². The molecule has 0 unspecified atom stereocenters. The molecule has 0 aliphatic heterocycles. The molecule has 0 aromatic heterocycles. The first-order chi connectivity index (χ1) is 13.5. The van der Waals surface area contributed by atoms with E-state index in [1.165, 1.54) is 6.07 Å². The van der Waals surface area contributed by atoms with Crippen molar-refractivity contribution in [1.82, 2.24) is 10.6 Å². The monoisotopic (exact) mass is 404 g/mol. The number of halogens is 1. The van der Waals surface area contributed by atoms with E-state index in [2.05, 4.69) is 10.6 Å². The van der Waals surface area contributed by atoms with Gasteiger partial charge in [0.05, 0.1) is 0 Å². The van der Waals surface area contributed by atoms with Gasteiger partial charge < -0.3 is 14.8 Å². The number of hydrogen-bond acceptors (Lipinski definition) is 5. The van der Waals surface area contributed by atoms with Crippen molar-refractivity contribution < 1.29 is 23.9 Å². The Morgan fingerprint density at radius 3 is 2.46 bits per heavy atom. The number of hydrogen-bond donors (Lipinski definition) is 2. The lowest BCUT2D eigenvalue weighted by atomic mass is 10.2. The predicted octanol–water partition coefficient (Wildman–Crippen LogP) is 3.31. The number of ether oxygens (including phenoxy) is 2. The number of carbonyl (C=O) groups excluding carboxylic acids is 3. The smallest absolute Gasteiger partial charge is 0.342 e. The van der Waals surface area contributed by atoms with Crippen LogP contribution in [0.4, 0.5) is 4.79 Å². The van der Waals surface area contributed by atoms with Crippen LogP contribution in [0, 0.1) is 0 Å². The number of esters is 1. The Hall–Kier alpha value is -3.06. The molecule has 0 aliphatic rings. The third-order valence-corrected chi connectivity index (χ3v) is 3.79. The number of nitrogens with one attached hydrogen (secondary N) is 2. The largest absolute Gasteiger partial charge is 0.488 e. The van der Waals surface area contributed by atoms with Crippen molar-refractivity contribution in [3.8, 4) is 5.75 Å². The molecule has 148 valence electrons. The van der Waals surface area contributed by atoms with Crippen molar-refractivity contribution in [2.45, 2.75) is 20.0 Å². The van der Waals surface area contributed by atoms with E-state index in [1.54, 1.807) is 30.3 Å². The van der Waals surface area contributed by atoms with Crippen molar-refractivity contribution >= 4 is 29.5 Å². The Morgan fingerprint density at radius 2 is 1.75 bits per heavy atom. The van der Waals surface area contributed by atoms with Gasteiger partial charge in [0.1, 0.15) is 17.9 Å². The molecule has 0 fully saturated rings. The van der Waals surface area contributed by atoms with E-state index in [0.29, 0.717) is 17.3 Å². The van der Waals surface area contributed by atoms with E-state index in [-0.39, 0.29) is 12.2 Å². The average molecular weight is 405 g/mol. The molecular formula is C20H21ClN2O5. The van der Waals surface area contributed by atoms with E-state index in [9.17, 15) is 14.4 Å². The van der Waals surface area contributed by atoms with Gasteiger partial charge in [-0.2, -0.15) is 0 Å². The molecule has 0 saturated carbocycles. The van der Waals surface area contributed by atoms with Crippen LogP contribution in [0.1, 0.15) is 29.3 Å². The van der Waals surface area contributed by atoms with E-state index >= 15 is 0 Å². The fourth-order valence-corrected chi connectivity index (χ4v) is 2.28. The lowest BCUT2D eigenvalue weighted by molar-refractivity contribution is -0.123. The molecule has 0 aliphatic carbocycles. The highest BCUT2D eigenvalue weighted by atomic mass is 35.5. The second-order valence-corrected chi connectivity index (χ2v) is 6.23. The van der Waals surface area contributed by atoms with Gasteiger partial charge >= 0.3 is 12.0 Å². The van der Waals surface area contributed by atoms with Gasteiger partial charge in [0.2, 0.25) is 0 Å². The first-order valence-electron chi connectivity index (χ1n) is 8.70. The molecule has 0 heterocycles. The Bertz CT molecular complexity index is 824. The van der Waals surface area contributed by atoms with Gasteiger partial charge in [-0.05, 0) is 36.2 Å². The molecular weight excluding hydrogens is 384 g/mol. The second kappa shape index (κ2) is 10.9. The van der Waals surface area contributed by atoms with Crippen LogP contribution >= 0.6 is 11.6 Å². The fraction of sp³-hybridized carbons (Fsp3) is 0.250. The van der Waals surface area contributed by atoms with Crippen LogP contribution in [0.25, 0.3) is 0 Å². The lowest BCUT2D eigenvalue weighted by Gasteiger charge is -2.11. The molecule has 28 heavy (non-hydrogen) atoms. The maximum atomic E-state index is 12.3. The number of carbonyl (C=O) groups is 3. The van der Waals surface area contributed by atoms with Crippen molar-refractivity contribution in [3.63, 3.8) is 0 Å². The standard InChI is InChI=1S/C20H21ClN2O5/c1-2-11-22-20(26)23-18(24)13-28-19(25)16-5-3-4-6-17(16)27-12-14-7-9-15(21)10-8-14/h3-10H,2,11-13H2,1H3,(H2,22,23,24,26). The van der Waals surface area contributed by atoms with Crippen LogP contribution < -0.4 is 15.4 Å². The van der Waals surface area contributed by atoms with Gasteiger partial charge in [0.25, 0.3) is 5.91 Å². The van der Waals surface area contributed by atoms with Crippen LogP contribution in [0.15, 0.2) is 48.5 Å². The van der Waals surface area contributed by atoms with Gasteiger partial charge in [-0.15, -0.1) is 0 Å². The first-order valence-corrected chi connectivity index (χ1v) is 9.08. The van der Waals surface area contributed by atoms with Crippen LogP contribution in [0.2, 0.25) is 5.02 Å². The molecule has 2 rings (SSSR count). The van der Waals surface area contributed by atoms with Crippen molar-refractivity contribution in [2.24, 2.45) is 0 Å². The zero-order valence-corrected chi connectivity index (χ0v) is 16.1. The Labute approximate surface area is 168 Å². The van der Waals surface area contributed by atoms with Gasteiger partial charge in [0.15, 0.2) is 6.61 Å². The number of rotatable bonds is 8. The maximum absolute atomic E-state index is 12.3. The minimum absolute atomic E-state index is 0.180. The van der Waals surface area contributed by atoms with E-state index in [1.807, 2.05) is 19.1 Å². The summed E-state index contributed by atoms with van der Waals surface area (Å²) in [6, 6.07) is 13.0. The summed E-state index contributed by atoms with van der Waals surface area (Å²) in [5, 5.41) is 5.19. The summed E-state index contributed by atoms with van der Waals surface area (Å²) in [6.07, 6.45) is 0.739. The predicted molar refractivity (Wildman–Crippen MR) is 104 cm³/mol. The molecule has 0 saturated heterocycles. The van der Waals surface area contributed by atoms with Crippen molar-refractivity contribution in [1.29, 1.82) is 0 Å². The van der Waals surface area contributed by atoms with Crippen LogP contribution in [0.3, 0.4) is 0 Å². The number of para-hydroxylation sites is 1. The Morgan fingerprint density at radius 1 is 1.04 bits per heavy atom. The van der Waals surface area contributed by atoms with Gasteiger partial charge in [-0.25, -0.2) is 9.59 Å². The lowest BCUT2D eigenvalue weighted by Crippen LogP contribution is -2.41. The van der Waals surface area contributed by atoms with Crippen LogP contribution in [-0.4, -0.2) is 31.1 Å².